The van der Waals surface area contributed by atoms with Crippen LogP contribution in [-0.4, -0.2) is 4.70 Å². The molecule has 3 rings (SSSR count). The fraction of sp³-hybridized carbons (Fsp3) is 0.660. The molecular weight excluding hydrogens is 723 g/mol. The fourth-order valence-electron chi connectivity index (χ4n) is 7.86. The van der Waals surface area contributed by atoms with Crippen LogP contribution >= 0.6 is 0 Å². The van der Waals surface area contributed by atoms with Crippen molar-refractivity contribution in [2.24, 2.45) is 0 Å². The van der Waals surface area contributed by atoms with Crippen LogP contribution in [0, 0.1) is 41.5 Å². The molecule has 0 unspecified atom stereocenters. The van der Waals surface area contributed by atoms with Crippen LogP contribution in [0.4, 0.5) is 0 Å². The molecule has 2 nitrogen and oxygen atoms in total. The molecule has 0 aliphatic carbocycles. The largest absolute Gasteiger partial charge is 2.00 e. The monoisotopic (exact) mass is 811 g/mol. The first-order valence-electron chi connectivity index (χ1n) is 23.4. The number of benzene rings is 2. The predicted molar refractivity (Wildman–Crippen MR) is 248 cm³/mol. The summed E-state index contributed by atoms with van der Waals surface area (Å²) in [6.45, 7) is 27.8. The smallest absolute Gasteiger partial charge is 0.493 e. The summed E-state index contributed by atoms with van der Waals surface area (Å²) in [5, 5.41) is 0. The molecule has 0 spiro atoms. The van der Waals surface area contributed by atoms with Crippen LogP contribution in [0.15, 0.2) is 35.9 Å². The van der Waals surface area contributed by atoms with Crippen LogP contribution in [0.2, 0.25) is 0 Å². The second-order valence-electron chi connectivity index (χ2n) is 16.5. The van der Waals surface area contributed by atoms with Gasteiger partial charge in [-0.1, -0.05) is 150 Å². The van der Waals surface area contributed by atoms with E-state index in [1.165, 1.54) is 172 Å². The minimum absolute atomic E-state index is 0. The zero-order valence-electron chi connectivity index (χ0n) is 38.4. The van der Waals surface area contributed by atoms with Gasteiger partial charge >= 0.3 is 16.5 Å². The Labute approximate surface area is 360 Å². The average Bonchev–Trinajstić information content (AvgIpc) is 3.49. The molecule has 0 aromatic heterocycles. The third-order valence-electron chi connectivity index (χ3n) is 11.3. The molecule has 0 fully saturated rings. The van der Waals surface area contributed by atoms with Crippen LogP contribution in [0.1, 0.15) is 233 Å². The fourth-order valence-corrected chi connectivity index (χ4v) is 7.86. The van der Waals surface area contributed by atoms with Gasteiger partial charge in [0, 0.05) is 22.8 Å². The summed E-state index contributed by atoms with van der Waals surface area (Å²) in [7, 11) is 0. The zero-order chi connectivity index (χ0) is 40.8. The van der Waals surface area contributed by atoms with Crippen LogP contribution < -0.4 is 0 Å². The second kappa shape index (κ2) is 33.9. The van der Waals surface area contributed by atoms with E-state index in [-0.39, 0.29) is 16.5 Å². The molecule has 0 saturated carbocycles. The average molecular weight is 812 g/mol. The van der Waals surface area contributed by atoms with Gasteiger partial charge in [0.05, 0.1) is 0 Å². The van der Waals surface area contributed by atoms with Crippen LogP contribution in [0.5, 0.6) is 0 Å². The Bertz CT molecular complexity index is 1320. The standard InChI is InChI=1S/C33H46N2.2C10H21.Ni/c1-8-11-14-15-27-22-32(28-18-23(4)30(16-12-9-2)24(5)19-28)35(34)33(27)29-20-25(6)31(17-13-10-3)26(7)21-29;2*1-3-5-7-9-10-8-6-4-2;/h18-22H,8-17H2,1-7H3;2*1,3-10H2,2H3;/q;2*-1;+2. The molecule has 1 heterocycles. The van der Waals surface area contributed by atoms with Crippen molar-refractivity contribution in [3.05, 3.63) is 99.8 Å². The van der Waals surface area contributed by atoms with Gasteiger partial charge in [-0.3, -0.25) is 0 Å². The molecule has 0 amide bonds. The molecule has 1 aliphatic rings. The number of allylic oxidation sites excluding steroid dienone is 2. The van der Waals surface area contributed by atoms with E-state index in [1.54, 1.807) is 0 Å². The van der Waals surface area contributed by atoms with Crippen molar-refractivity contribution in [2.75, 3.05) is 0 Å². The number of rotatable bonds is 26. The first-order valence-corrected chi connectivity index (χ1v) is 23.4. The maximum absolute atomic E-state index is 11.6. The van der Waals surface area contributed by atoms with Gasteiger partial charge in [0.1, 0.15) is 0 Å². The van der Waals surface area contributed by atoms with E-state index in [2.05, 4.69) is 107 Å². The van der Waals surface area contributed by atoms with Crippen LogP contribution in [0.25, 0.3) is 16.9 Å². The Morgan fingerprint density at radius 1 is 0.446 bits per heavy atom. The Morgan fingerprint density at radius 2 is 0.786 bits per heavy atom. The summed E-state index contributed by atoms with van der Waals surface area (Å²) in [6, 6.07) is 9.11. The van der Waals surface area contributed by atoms with Gasteiger partial charge in [0.25, 0.3) is 0 Å². The number of unbranched alkanes of at least 4 members (excludes halogenated alkanes) is 18. The van der Waals surface area contributed by atoms with Crippen molar-refractivity contribution in [3.8, 4) is 0 Å². The van der Waals surface area contributed by atoms with Crippen LogP contribution in [-0.2, 0) is 29.3 Å². The van der Waals surface area contributed by atoms with Gasteiger partial charge in [0.15, 0.2) is 0 Å². The van der Waals surface area contributed by atoms with Gasteiger partial charge in [0.2, 0.25) is 11.4 Å². The summed E-state index contributed by atoms with van der Waals surface area (Å²) in [4.78, 5) is 0. The Hall–Kier alpha value is -1.99. The van der Waals surface area contributed by atoms with E-state index < -0.39 is 0 Å². The molecule has 1 aliphatic heterocycles. The normalized spacial score (nSPS) is 12.2. The second-order valence-corrected chi connectivity index (χ2v) is 16.5. The molecule has 0 N–H and O–H groups in total. The van der Waals surface area contributed by atoms with E-state index in [1.807, 2.05) is 0 Å². The molecule has 2 aromatic rings. The molecule has 0 saturated heterocycles. The molecule has 0 bridgehead atoms. The Kier molecular flexibility index (Phi) is 32.7. The van der Waals surface area contributed by atoms with Crippen molar-refractivity contribution in [2.45, 2.75) is 229 Å². The van der Waals surface area contributed by atoms with E-state index in [0.29, 0.717) is 0 Å². The van der Waals surface area contributed by atoms with Gasteiger partial charge in [-0.25, -0.2) is 4.70 Å². The minimum Gasteiger partial charge on any atom is -0.493 e. The summed E-state index contributed by atoms with van der Waals surface area (Å²) in [5.41, 5.74) is 25.2. The Balaban J connectivity index is 0.00000118. The molecule has 0 radical (unpaired) electrons. The van der Waals surface area contributed by atoms with Gasteiger partial charge in [-0.05, 0) is 124 Å². The van der Waals surface area contributed by atoms with E-state index >= 15 is 0 Å². The summed E-state index contributed by atoms with van der Waals surface area (Å²) in [5.74, 6) is 0. The summed E-state index contributed by atoms with van der Waals surface area (Å²) in [6.07, 6.45) is 35.7. The first-order chi connectivity index (χ1) is 26.6. The predicted octanol–water partition coefficient (Wildman–Crippen LogP) is 17.9. The quantitative estimate of drug-likeness (QED) is 0.0391. The number of hydrogen-bond donors (Lipinski definition) is 0. The molecule has 320 valence electrons. The van der Waals surface area contributed by atoms with Crippen LogP contribution in [0.3, 0.4) is 0 Å². The van der Waals surface area contributed by atoms with Crippen molar-refractivity contribution in [1.29, 1.82) is 0 Å². The number of hydrogen-bond acceptors (Lipinski definition) is 0. The molecule has 3 heteroatoms. The van der Waals surface area contributed by atoms with Gasteiger partial charge < -0.3 is 19.4 Å². The molecular formula is C53H88N2Ni. The van der Waals surface area contributed by atoms with Gasteiger partial charge in [-0.15, -0.1) is 0 Å². The number of aryl methyl sites for hydroxylation is 4. The SMILES string of the molecule is CCCCCC1=C(c2cc(C)c(CCCC)c(C)c2)[N+](=[N-])C(c2cc(C)c(CCCC)c(C)c2)=C1.[CH2-]CCCCCCCCC.[CH2-]CCCCCCCCC.[Ni+2]. The topological polar surface area (TPSA) is 25.3 Å². The third kappa shape index (κ3) is 20.6. The molecule has 56 heavy (non-hydrogen) atoms. The van der Waals surface area contributed by atoms with E-state index in [4.69, 9.17) is 0 Å². The third-order valence-corrected chi connectivity index (χ3v) is 11.3. The van der Waals surface area contributed by atoms with Gasteiger partial charge in [-0.2, -0.15) is 12.8 Å². The molecule has 2 aromatic carbocycles. The van der Waals surface area contributed by atoms with E-state index in [0.717, 1.165) is 61.0 Å². The first kappa shape index (κ1) is 54.0. The zero-order valence-corrected chi connectivity index (χ0v) is 39.4. The molecule has 0 atom stereocenters. The van der Waals surface area contributed by atoms with E-state index in [9.17, 15) is 5.53 Å². The van der Waals surface area contributed by atoms with Crippen molar-refractivity contribution < 1.29 is 21.2 Å². The Morgan fingerprint density at radius 3 is 1.16 bits per heavy atom. The summed E-state index contributed by atoms with van der Waals surface area (Å²) >= 11 is 0. The summed E-state index contributed by atoms with van der Waals surface area (Å²) < 4.78 is 1.47. The maximum Gasteiger partial charge on any atom is 2.00 e. The maximum atomic E-state index is 11.6. The van der Waals surface area contributed by atoms with Crippen molar-refractivity contribution >= 4 is 11.4 Å². The minimum atomic E-state index is 0. The van der Waals surface area contributed by atoms with Crippen molar-refractivity contribution in [1.82, 2.24) is 0 Å². The van der Waals surface area contributed by atoms with Crippen molar-refractivity contribution in [3.63, 3.8) is 0 Å². The number of nitrogens with zero attached hydrogens (tertiary/aromatic N) is 2.